The van der Waals surface area contributed by atoms with Crippen molar-refractivity contribution >= 4 is 22.6 Å². The quantitative estimate of drug-likeness (QED) is 0.855. The van der Waals surface area contributed by atoms with Gasteiger partial charge < -0.3 is 9.84 Å². The Balaban J connectivity index is 2.16. The second-order valence-electron chi connectivity index (χ2n) is 5.41. The van der Waals surface area contributed by atoms with Crippen LogP contribution in [0.3, 0.4) is 0 Å². The number of aliphatic hydroxyl groups is 1. The first-order chi connectivity index (χ1) is 8.43. The average molecular weight is 269 g/mol. The largest absolute Gasteiger partial charge is 0.511 e. The van der Waals surface area contributed by atoms with Gasteiger partial charge in [-0.1, -0.05) is 25.6 Å². The topological polar surface area (TPSA) is 58.9 Å². The van der Waals surface area contributed by atoms with Crippen LogP contribution >= 0.6 is 11.8 Å². The van der Waals surface area contributed by atoms with E-state index in [1.807, 2.05) is 20.8 Å². The van der Waals surface area contributed by atoms with Crippen LogP contribution in [0.4, 0.5) is 0 Å². The van der Waals surface area contributed by atoms with Crippen LogP contribution in [0.1, 0.15) is 33.6 Å². The molecule has 0 saturated heterocycles. The molecule has 1 aliphatic carbocycles. The molecule has 1 heterocycles. The Kier molecular flexibility index (Phi) is 3.82. The Morgan fingerprint density at radius 1 is 1.50 bits per heavy atom. The number of allylic oxidation sites excluding steroid dienone is 1. The molecule has 2 aliphatic rings. The Morgan fingerprint density at radius 3 is 2.83 bits per heavy atom. The smallest absolute Gasteiger partial charge is 0.169 e. The van der Waals surface area contributed by atoms with E-state index in [0.717, 1.165) is 0 Å². The molecule has 0 amide bonds. The summed E-state index contributed by atoms with van der Waals surface area (Å²) in [6.45, 7) is 7.10. The number of thioether (sulfide) groups is 1. The molecule has 100 valence electrons. The van der Waals surface area contributed by atoms with Crippen molar-refractivity contribution in [3.63, 3.8) is 0 Å². The summed E-state index contributed by atoms with van der Waals surface area (Å²) in [4.78, 5) is 16.4. The first-order valence-corrected chi connectivity index (χ1v) is 7.09. The number of aliphatic hydroxyl groups excluding tert-OH is 1. The molecule has 2 rings (SSSR count). The molecule has 1 unspecified atom stereocenters. The van der Waals surface area contributed by atoms with Crippen LogP contribution in [0.5, 0.6) is 0 Å². The van der Waals surface area contributed by atoms with E-state index in [4.69, 9.17) is 4.74 Å². The predicted octanol–water partition coefficient (Wildman–Crippen LogP) is 2.70. The fourth-order valence-electron chi connectivity index (χ4n) is 2.30. The number of Topliss-reactive ketones (excluding diaryl/α,β-unsaturated/α-hetero) is 1. The van der Waals surface area contributed by atoms with Gasteiger partial charge in [0.25, 0.3) is 0 Å². The summed E-state index contributed by atoms with van der Waals surface area (Å²) in [6.07, 6.45) is 0.998. The molecule has 1 atom stereocenters. The van der Waals surface area contributed by atoms with Crippen molar-refractivity contribution in [3.8, 4) is 0 Å². The summed E-state index contributed by atoms with van der Waals surface area (Å²) in [5.41, 5.74) is 0.239. The molecular weight excluding hydrogens is 250 g/mol. The Bertz CT molecular complexity index is 426. The van der Waals surface area contributed by atoms with Gasteiger partial charge >= 0.3 is 0 Å². The number of nitrogens with zero attached hydrogens (tertiary/aromatic N) is 1. The third-order valence-electron chi connectivity index (χ3n) is 3.05. The van der Waals surface area contributed by atoms with Gasteiger partial charge in [-0.3, -0.25) is 9.79 Å². The van der Waals surface area contributed by atoms with Crippen molar-refractivity contribution in [2.75, 3.05) is 13.2 Å². The Morgan fingerprint density at radius 2 is 2.22 bits per heavy atom. The minimum atomic E-state index is -0.159. The van der Waals surface area contributed by atoms with Gasteiger partial charge in [0.2, 0.25) is 0 Å². The summed E-state index contributed by atoms with van der Waals surface area (Å²) < 4.78 is 5.47. The van der Waals surface area contributed by atoms with Crippen LogP contribution in [0.15, 0.2) is 16.3 Å². The first kappa shape index (κ1) is 13.6. The van der Waals surface area contributed by atoms with Gasteiger partial charge in [0.15, 0.2) is 5.78 Å². The molecule has 0 aromatic carbocycles. The summed E-state index contributed by atoms with van der Waals surface area (Å²) in [5.74, 6) is 0.173. The zero-order chi connectivity index (χ0) is 13.3. The fraction of sp³-hybridized carbons (Fsp3) is 0.692. The van der Waals surface area contributed by atoms with Crippen LogP contribution in [-0.4, -0.2) is 34.5 Å². The lowest BCUT2D eigenvalue weighted by Gasteiger charge is -2.29. The SMILES string of the molecule is CCOC1CN=C(C2=C(O)CC(C)(C)CC2=O)S1. The molecule has 0 bridgehead atoms. The molecule has 0 radical (unpaired) electrons. The summed E-state index contributed by atoms with van der Waals surface area (Å²) in [7, 11) is 0. The van der Waals surface area contributed by atoms with Crippen LogP contribution < -0.4 is 0 Å². The van der Waals surface area contributed by atoms with Crippen LogP contribution in [0.2, 0.25) is 0 Å². The maximum atomic E-state index is 12.1. The van der Waals surface area contributed by atoms with E-state index in [9.17, 15) is 9.90 Å². The Hall–Kier alpha value is -0.810. The maximum Gasteiger partial charge on any atom is 0.169 e. The van der Waals surface area contributed by atoms with Crippen molar-refractivity contribution < 1.29 is 14.6 Å². The lowest BCUT2D eigenvalue weighted by molar-refractivity contribution is -0.117. The summed E-state index contributed by atoms with van der Waals surface area (Å²) >= 11 is 1.44. The van der Waals surface area contributed by atoms with Gasteiger partial charge in [0.1, 0.15) is 16.2 Å². The first-order valence-electron chi connectivity index (χ1n) is 6.21. The zero-order valence-corrected chi connectivity index (χ0v) is 11.8. The van der Waals surface area contributed by atoms with Gasteiger partial charge in [-0.25, -0.2) is 0 Å². The second-order valence-corrected chi connectivity index (χ2v) is 6.56. The van der Waals surface area contributed by atoms with Crippen LogP contribution in [0.25, 0.3) is 0 Å². The van der Waals surface area contributed by atoms with E-state index < -0.39 is 0 Å². The zero-order valence-electron chi connectivity index (χ0n) is 11.0. The second kappa shape index (κ2) is 5.05. The molecule has 4 nitrogen and oxygen atoms in total. The van der Waals surface area contributed by atoms with Gasteiger partial charge in [-0.2, -0.15) is 0 Å². The van der Waals surface area contributed by atoms with Crippen LogP contribution in [0, 0.1) is 5.41 Å². The predicted molar refractivity (Wildman–Crippen MR) is 73.0 cm³/mol. The van der Waals surface area contributed by atoms with Crippen molar-refractivity contribution in [1.29, 1.82) is 0 Å². The highest BCUT2D eigenvalue weighted by Crippen LogP contribution is 2.39. The van der Waals surface area contributed by atoms with Crippen LogP contribution in [-0.2, 0) is 9.53 Å². The van der Waals surface area contributed by atoms with E-state index >= 15 is 0 Å². The van der Waals surface area contributed by atoms with E-state index in [0.29, 0.717) is 36.6 Å². The number of ketones is 1. The van der Waals surface area contributed by atoms with Crippen molar-refractivity contribution in [2.24, 2.45) is 10.4 Å². The number of aliphatic imine (C=N–C) groups is 1. The summed E-state index contributed by atoms with van der Waals surface area (Å²) in [5, 5.41) is 10.7. The molecule has 1 N–H and O–H groups in total. The minimum Gasteiger partial charge on any atom is -0.511 e. The molecule has 0 aromatic heterocycles. The molecule has 18 heavy (non-hydrogen) atoms. The highest BCUT2D eigenvalue weighted by molar-refractivity contribution is 8.15. The highest BCUT2D eigenvalue weighted by Gasteiger charge is 2.37. The molecule has 0 saturated carbocycles. The lowest BCUT2D eigenvalue weighted by atomic mass is 9.77. The molecule has 0 spiro atoms. The third kappa shape index (κ3) is 2.78. The van der Waals surface area contributed by atoms with Gasteiger partial charge in [0.05, 0.1) is 12.1 Å². The summed E-state index contributed by atoms with van der Waals surface area (Å²) in [6, 6.07) is 0. The molecule has 1 aliphatic heterocycles. The number of carbonyl (C=O) groups excluding carboxylic acids is 1. The molecule has 0 fully saturated rings. The minimum absolute atomic E-state index is 0.00727. The highest BCUT2D eigenvalue weighted by atomic mass is 32.2. The van der Waals surface area contributed by atoms with Crippen molar-refractivity contribution in [2.45, 2.75) is 39.0 Å². The number of carbonyl (C=O) groups is 1. The maximum absolute atomic E-state index is 12.1. The van der Waals surface area contributed by atoms with Crippen molar-refractivity contribution in [3.05, 3.63) is 11.3 Å². The monoisotopic (exact) mass is 269 g/mol. The van der Waals surface area contributed by atoms with Crippen molar-refractivity contribution in [1.82, 2.24) is 0 Å². The van der Waals surface area contributed by atoms with Gasteiger partial charge in [-0.05, 0) is 12.3 Å². The molecule has 0 aromatic rings. The number of hydrogen-bond donors (Lipinski definition) is 1. The van der Waals surface area contributed by atoms with E-state index in [2.05, 4.69) is 4.99 Å². The van der Waals surface area contributed by atoms with Gasteiger partial charge in [0, 0.05) is 19.4 Å². The standard InChI is InChI=1S/C13H19NO3S/c1-4-17-10-7-14-12(18-10)11-8(15)5-13(2,3)6-9(11)16/h10,15H,4-7H2,1-3H3. The van der Waals surface area contributed by atoms with Gasteiger partial charge in [-0.15, -0.1) is 0 Å². The third-order valence-corrected chi connectivity index (χ3v) is 4.15. The number of hydrogen-bond acceptors (Lipinski definition) is 5. The fourth-order valence-corrected chi connectivity index (χ4v) is 3.40. The Labute approximate surface area is 112 Å². The number of ether oxygens (including phenoxy) is 1. The molecular formula is C13H19NO3S. The van der Waals surface area contributed by atoms with E-state index in [1.54, 1.807) is 0 Å². The van der Waals surface area contributed by atoms with E-state index in [-0.39, 0.29) is 22.4 Å². The number of rotatable bonds is 3. The lowest BCUT2D eigenvalue weighted by Crippen LogP contribution is -2.28. The van der Waals surface area contributed by atoms with E-state index in [1.165, 1.54) is 11.8 Å². The molecule has 5 heteroatoms. The average Bonchev–Trinajstić information content (AvgIpc) is 2.63. The normalized spacial score (nSPS) is 27.6.